The molecule has 3 rings (SSSR count). The number of aromatic nitrogens is 2. The van der Waals surface area contributed by atoms with Crippen LogP contribution in [0.3, 0.4) is 0 Å². The fraction of sp³-hybridized carbons (Fsp3) is 0.154. The Morgan fingerprint density at radius 2 is 1.95 bits per heavy atom. The summed E-state index contributed by atoms with van der Waals surface area (Å²) in [4.78, 5) is 13.2. The zero-order valence-electron chi connectivity index (χ0n) is 9.96. The average molecular weight is 273 g/mol. The molecule has 2 N–H and O–H groups in total. The molecule has 2 aromatic rings. The lowest BCUT2D eigenvalue weighted by Crippen LogP contribution is -2.20. The van der Waals surface area contributed by atoms with Crippen molar-refractivity contribution in [1.29, 1.82) is 0 Å². The molecule has 0 fully saturated rings. The summed E-state index contributed by atoms with van der Waals surface area (Å²) in [5.74, 6) is -0.587. The van der Waals surface area contributed by atoms with Crippen LogP contribution in [0.5, 0.6) is 0 Å². The van der Waals surface area contributed by atoms with Gasteiger partial charge >= 0.3 is 5.97 Å². The van der Waals surface area contributed by atoms with Crippen molar-refractivity contribution in [2.45, 2.75) is 13.1 Å². The van der Waals surface area contributed by atoms with Crippen LogP contribution in [0.4, 0.5) is 5.82 Å². The van der Waals surface area contributed by atoms with Gasteiger partial charge in [-0.05, 0) is 17.2 Å². The Morgan fingerprint density at radius 1 is 1.32 bits per heavy atom. The Labute approximate surface area is 114 Å². The van der Waals surface area contributed by atoms with E-state index in [1.54, 1.807) is 0 Å². The number of carbonyl (C=O) groups is 1. The van der Waals surface area contributed by atoms with Gasteiger partial charge in [-0.15, -0.1) is 0 Å². The third-order valence-corrected chi connectivity index (χ3v) is 3.37. The Bertz CT molecular complexity index is 686. The normalized spacial score (nSPS) is 13.4. The fourth-order valence-electron chi connectivity index (χ4n) is 2.28. The Kier molecular flexibility index (Phi) is 2.79. The van der Waals surface area contributed by atoms with E-state index in [0.29, 0.717) is 23.5 Å². The van der Waals surface area contributed by atoms with Crippen LogP contribution >= 0.6 is 12.2 Å². The largest absolute Gasteiger partial charge is 0.478 e. The number of aromatic amines is 1. The van der Waals surface area contributed by atoms with Crippen LogP contribution in [0.25, 0.3) is 0 Å². The predicted octanol–water partition coefficient (Wildman–Crippen LogP) is 2.36. The molecule has 1 aliphatic rings. The summed E-state index contributed by atoms with van der Waals surface area (Å²) in [5, 5.41) is 16.0. The minimum atomic E-state index is -1.02. The molecule has 6 heteroatoms. The first-order valence-corrected chi connectivity index (χ1v) is 6.21. The second-order valence-electron chi connectivity index (χ2n) is 4.40. The van der Waals surface area contributed by atoms with Crippen molar-refractivity contribution in [2.75, 3.05) is 4.90 Å². The van der Waals surface area contributed by atoms with Crippen molar-refractivity contribution in [3.8, 4) is 0 Å². The molecular formula is C13H11N3O2S. The number of rotatable bonds is 2. The molecule has 19 heavy (non-hydrogen) atoms. The topological polar surface area (TPSA) is 69.2 Å². The third-order valence-electron chi connectivity index (χ3n) is 3.16. The van der Waals surface area contributed by atoms with Crippen LogP contribution in [0.15, 0.2) is 30.3 Å². The number of nitrogens with one attached hydrogen (secondary N) is 1. The molecule has 1 aromatic heterocycles. The van der Waals surface area contributed by atoms with Gasteiger partial charge in [0, 0.05) is 13.1 Å². The highest BCUT2D eigenvalue weighted by molar-refractivity contribution is 7.71. The van der Waals surface area contributed by atoms with Crippen LogP contribution < -0.4 is 4.90 Å². The predicted molar refractivity (Wildman–Crippen MR) is 72.7 cm³/mol. The van der Waals surface area contributed by atoms with Gasteiger partial charge in [0.25, 0.3) is 0 Å². The Hall–Kier alpha value is -2.21. The van der Waals surface area contributed by atoms with Crippen LogP contribution in [0.2, 0.25) is 0 Å². The van der Waals surface area contributed by atoms with Gasteiger partial charge in [-0.3, -0.25) is 5.10 Å². The molecular weight excluding hydrogens is 262 g/mol. The number of anilines is 1. The first-order valence-electron chi connectivity index (χ1n) is 5.80. The number of fused-ring (bicyclic) bond motifs is 1. The molecule has 0 bridgehead atoms. The Morgan fingerprint density at radius 3 is 2.53 bits per heavy atom. The van der Waals surface area contributed by atoms with Crippen LogP contribution in [0, 0.1) is 4.64 Å². The minimum absolute atomic E-state index is 0.136. The second kappa shape index (κ2) is 4.47. The van der Waals surface area contributed by atoms with Gasteiger partial charge in [-0.1, -0.05) is 36.5 Å². The van der Waals surface area contributed by atoms with E-state index in [1.165, 1.54) is 17.2 Å². The van der Waals surface area contributed by atoms with E-state index in [2.05, 4.69) is 10.2 Å². The second-order valence-corrected chi connectivity index (χ2v) is 4.84. The molecule has 0 amide bonds. The van der Waals surface area contributed by atoms with E-state index in [0.717, 1.165) is 0 Å². The molecule has 0 unspecified atom stereocenters. The molecule has 0 spiro atoms. The lowest BCUT2D eigenvalue weighted by atomic mass is 10.1. The van der Waals surface area contributed by atoms with Crippen molar-refractivity contribution in [3.05, 3.63) is 51.7 Å². The first-order chi connectivity index (χ1) is 9.15. The quantitative estimate of drug-likeness (QED) is 0.822. The van der Waals surface area contributed by atoms with Gasteiger partial charge < -0.3 is 10.0 Å². The van der Waals surface area contributed by atoms with Crippen molar-refractivity contribution < 1.29 is 9.90 Å². The van der Waals surface area contributed by atoms with E-state index >= 15 is 0 Å². The zero-order chi connectivity index (χ0) is 13.4. The molecule has 0 radical (unpaired) electrons. The summed E-state index contributed by atoms with van der Waals surface area (Å²) in [7, 11) is 0. The lowest BCUT2D eigenvalue weighted by Gasteiger charge is -2.17. The number of benzene rings is 1. The fourth-order valence-corrected chi connectivity index (χ4v) is 2.44. The molecule has 0 aliphatic carbocycles. The highest BCUT2D eigenvalue weighted by atomic mass is 32.1. The van der Waals surface area contributed by atoms with Gasteiger partial charge in [0.15, 0.2) is 5.82 Å². The standard InChI is InChI=1S/C13H11N3O2S/c17-13(18)10-5-11(19)14-15-12(10)16-6-8-3-1-2-4-9(8)7-16/h1-5H,6-7H2,(H,14,19)(H,17,18). The zero-order valence-corrected chi connectivity index (χ0v) is 10.8. The maximum absolute atomic E-state index is 11.3. The summed E-state index contributed by atoms with van der Waals surface area (Å²) in [6, 6.07) is 9.48. The van der Waals surface area contributed by atoms with Gasteiger partial charge in [-0.2, -0.15) is 5.10 Å². The SMILES string of the molecule is O=C(O)c1cc(=S)[nH]nc1N1Cc2ccccc2C1. The summed E-state index contributed by atoms with van der Waals surface area (Å²) in [5.41, 5.74) is 2.53. The summed E-state index contributed by atoms with van der Waals surface area (Å²) < 4.78 is 0.317. The lowest BCUT2D eigenvalue weighted by molar-refractivity contribution is 0.0697. The van der Waals surface area contributed by atoms with Crippen molar-refractivity contribution >= 4 is 24.0 Å². The van der Waals surface area contributed by atoms with E-state index < -0.39 is 5.97 Å². The summed E-state index contributed by atoms with van der Waals surface area (Å²) >= 11 is 4.92. The maximum Gasteiger partial charge on any atom is 0.339 e. The molecule has 0 saturated carbocycles. The Balaban J connectivity index is 2.02. The van der Waals surface area contributed by atoms with Gasteiger partial charge in [-0.25, -0.2) is 4.79 Å². The number of H-pyrrole nitrogens is 1. The van der Waals surface area contributed by atoms with Crippen LogP contribution in [-0.4, -0.2) is 21.3 Å². The average Bonchev–Trinajstić information content (AvgIpc) is 2.82. The number of carboxylic acid groups (broad SMARTS) is 1. The molecule has 1 aromatic carbocycles. The van der Waals surface area contributed by atoms with E-state index in [4.69, 9.17) is 12.2 Å². The molecule has 5 nitrogen and oxygen atoms in total. The molecule has 96 valence electrons. The molecule has 1 aliphatic heterocycles. The van der Waals surface area contributed by atoms with Crippen LogP contribution in [0.1, 0.15) is 21.5 Å². The van der Waals surface area contributed by atoms with Gasteiger partial charge in [0.1, 0.15) is 10.2 Å². The van der Waals surface area contributed by atoms with Gasteiger partial charge in [0.05, 0.1) is 0 Å². The van der Waals surface area contributed by atoms with Crippen LogP contribution in [-0.2, 0) is 13.1 Å². The van der Waals surface area contributed by atoms with E-state index in [9.17, 15) is 9.90 Å². The third kappa shape index (κ3) is 2.10. The van der Waals surface area contributed by atoms with Gasteiger partial charge in [0.2, 0.25) is 0 Å². The monoisotopic (exact) mass is 273 g/mol. The van der Waals surface area contributed by atoms with Crippen molar-refractivity contribution in [1.82, 2.24) is 10.2 Å². The maximum atomic E-state index is 11.3. The molecule has 0 atom stereocenters. The van der Waals surface area contributed by atoms with Crippen molar-refractivity contribution in [2.24, 2.45) is 0 Å². The minimum Gasteiger partial charge on any atom is -0.478 e. The number of aromatic carboxylic acids is 1. The number of nitrogens with zero attached hydrogens (tertiary/aromatic N) is 2. The first kappa shape index (κ1) is 11.9. The van der Waals surface area contributed by atoms with E-state index in [-0.39, 0.29) is 5.56 Å². The smallest absolute Gasteiger partial charge is 0.339 e. The summed E-state index contributed by atoms with van der Waals surface area (Å²) in [6.07, 6.45) is 0. The molecule has 2 heterocycles. The highest BCUT2D eigenvalue weighted by Gasteiger charge is 2.24. The number of hydrogen-bond acceptors (Lipinski definition) is 4. The van der Waals surface area contributed by atoms with Crippen molar-refractivity contribution in [3.63, 3.8) is 0 Å². The van der Waals surface area contributed by atoms with E-state index in [1.807, 2.05) is 29.2 Å². The molecule has 0 saturated heterocycles. The number of carboxylic acids is 1. The summed E-state index contributed by atoms with van der Waals surface area (Å²) in [6.45, 7) is 1.32. The number of hydrogen-bond donors (Lipinski definition) is 2. The highest BCUT2D eigenvalue weighted by Crippen LogP contribution is 2.28.